The predicted molar refractivity (Wildman–Crippen MR) is 80.9 cm³/mol. The normalized spacial score (nSPS) is 24.7. The smallest absolute Gasteiger partial charge is 0.338 e. The van der Waals surface area contributed by atoms with E-state index in [2.05, 4.69) is 15.5 Å². The third-order valence-electron chi connectivity index (χ3n) is 4.51. The summed E-state index contributed by atoms with van der Waals surface area (Å²) in [6.45, 7) is 8.65. The van der Waals surface area contributed by atoms with Crippen molar-refractivity contribution in [3.63, 3.8) is 0 Å². The summed E-state index contributed by atoms with van der Waals surface area (Å²) in [5.41, 5.74) is -0.169. The molecule has 2 rings (SSSR count). The molecule has 4 nitrogen and oxygen atoms in total. The Balaban J connectivity index is 1.79. The average Bonchev–Trinajstić information content (AvgIpc) is 2.94. The lowest BCUT2D eigenvalue weighted by Gasteiger charge is -2.30. The molecular weight excluding hydrogens is 307 g/mol. The van der Waals surface area contributed by atoms with E-state index < -0.39 is 12.1 Å². The lowest BCUT2D eigenvalue weighted by molar-refractivity contribution is -0.183. The maximum atomic E-state index is 12.7. The van der Waals surface area contributed by atoms with Gasteiger partial charge in [0, 0.05) is 5.41 Å². The molecule has 0 spiro atoms. The van der Waals surface area contributed by atoms with Crippen LogP contribution in [0.1, 0.15) is 71.1 Å². The van der Waals surface area contributed by atoms with Crippen LogP contribution in [-0.4, -0.2) is 22.9 Å². The van der Waals surface area contributed by atoms with Crippen molar-refractivity contribution in [3.05, 3.63) is 11.7 Å². The molecule has 0 aromatic carbocycles. The lowest BCUT2D eigenvalue weighted by Crippen LogP contribution is -2.32. The van der Waals surface area contributed by atoms with Crippen LogP contribution in [0.3, 0.4) is 0 Å². The van der Waals surface area contributed by atoms with Crippen molar-refractivity contribution in [2.75, 3.05) is 6.54 Å². The van der Waals surface area contributed by atoms with Gasteiger partial charge in [0.2, 0.25) is 5.89 Å². The summed E-state index contributed by atoms with van der Waals surface area (Å²) in [7, 11) is 0. The minimum absolute atomic E-state index is 0.0982. The lowest BCUT2D eigenvalue weighted by atomic mass is 9.81. The molecule has 1 fully saturated rings. The van der Waals surface area contributed by atoms with Crippen molar-refractivity contribution in [2.45, 2.75) is 71.0 Å². The molecule has 7 heteroatoms. The number of alkyl halides is 3. The Morgan fingerprint density at radius 2 is 1.78 bits per heavy atom. The fourth-order valence-electron chi connectivity index (χ4n) is 2.84. The third-order valence-corrected chi connectivity index (χ3v) is 4.51. The first-order valence-electron chi connectivity index (χ1n) is 8.21. The van der Waals surface area contributed by atoms with Crippen molar-refractivity contribution in [1.82, 2.24) is 15.5 Å². The molecule has 1 N–H and O–H groups in total. The molecule has 1 unspecified atom stereocenters. The van der Waals surface area contributed by atoms with Gasteiger partial charge in [-0.1, -0.05) is 25.9 Å². The van der Waals surface area contributed by atoms with Gasteiger partial charge in [0.1, 0.15) is 0 Å². The number of hydrogen-bond acceptors (Lipinski definition) is 4. The minimum Gasteiger partial charge on any atom is -0.338 e. The second-order valence-electron chi connectivity index (χ2n) is 7.60. The monoisotopic (exact) mass is 333 g/mol. The Morgan fingerprint density at radius 3 is 2.26 bits per heavy atom. The fourth-order valence-corrected chi connectivity index (χ4v) is 2.84. The molecule has 0 amide bonds. The minimum atomic E-state index is -4.04. The second-order valence-corrected chi connectivity index (χ2v) is 7.60. The zero-order valence-corrected chi connectivity index (χ0v) is 14.2. The van der Waals surface area contributed by atoms with Gasteiger partial charge in [-0.2, -0.15) is 18.2 Å². The Hall–Kier alpha value is -1.11. The van der Waals surface area contributed by atoms with E-state index in [0.29, 0.717) is 31.1 Å². The van der Waals surface area contributed by atoms with Crippen molar-refractivity contribution < 1.29 is 17.7 Å². The first-order valence-corrected chi connectivity index (χ1v) is 8.21. The molecule has 1 saturated carbocycles. The largest absolute Gasteiger partial charge is 0.391 e. The number of hydrogen-bond donors (Lipinski definition) is 1. The number of nitrogens with one attached hydrogen (secondary N) is 1. The molecule has 23 heavy (non-hydrogen) atoms. The zero-order chi connectivity index (χ0) is 17.3. The van der Waals surface area contributed by atoms with Crippen LogP contribution in [0.15, 0.2) is 4.52 Å². The van der Waals surface area contributed by atoms with Crippen molar-refractivity contribution in [2.24, 2.45) is 11.8 Å². The van der Waals surface area contributed by atoms with Gasteiger partial charge in [-0.3, -0.25) is 0 Å². The van der Waals surface area contributed by atoms with Gasteiger partial charge in [0.25, 0.3) is 0 Å². The molecule has 1 aliphatic rings. The van der Waals surface area contributed by atoms with E-state index in [1.165, 1.54) is 0 Å². The summed E-state index contributed by atoms with van der Waals surface area (Å²) >= 11 is 0. The zero-order valence-electron chi connectivity index (χ0n) is 14.2. The summed E-state index contributed by atoms with van der Waals surface area (Å²) in [4.78, 5) is 4.40. The average molecular weight is 333 g/mol. The predicted octanol–water partition coefficient (Wildman–Crippen LogP) is 4.39. The number of rotatable bonds is 4. The van der Waals surface area contributed by atoms with Crippen LogP contribution in [0.2, 0.25) is 0 Å². The molecule has 0 radical (unpaired) electrons. The maximum Gasteiger partial charge on any atom is 0.391 e. The highest BCUT2D eigenvalue weighted by Gasteiger charge is 2.41. The molecule has 1 aromatic heterocycles. The number of nitrogens with zero attached hydrogens (tertiary/aromatic N) is 2. The second kappa shape index (κ2) is 6.79. The SMILES string of the molecule is CC(NCC1CCC(C(F)(F)F)CC1)c1nc(C(C)(C)C)no1. The molecular formula is C16H26F3N3O. The third kappa shape index (κ3) is 4.93. The molecule has 132 valence electrons. The van der Waals surface area contributed by atoms with E-state index in [-0.39, 0.29) is 30.2 Å². The van der Waals surface area contributed by atoms with Crippen LogP contribution in [0.4, 0.5) is 13.2 Å². The molecule has 1 aromatic rings. The molecule has 1 aliphatic carbocycles. The first-order chi connectivity index (χ1) is 10.6. The number of aromatic nitrogens is 2. The van der Waals surface area contributed by atoms with Gasteiger partial charge in [-0.05, 0) is 45.1 Å². The first kappa shape index (κ1) is 18.2. The Morgan fingerprint density at radius 1 is 1.17 bits per heavy atom. The molecule has 1 atom stereocenters. The summed E-state index contributed by atoms with van der Waals surface area (Å²) < 4.78 is 43.3. The van der Waals surface area contributed by atoms with Gasteiger partial charge < -0.3 is 9.84 Å². The van der Waals surface area contributed by atoms with E-state index in [4.69, 9.17) is 4.52 Å². The van der Waals surface area contributed by atoms with Gasteiger partial charge in [0.15, 0.2) is 5.82 Å². The topological polar surface area (TPSA) is 51.0 Å². The van der Waals surface area contributed by atoms with Crippen LogP contribution in [0.5, 0.6) is 0 Å². The molecule has 1 heterocycles. The molecule has 0 aliphatic heterocycles. The van der Waals surface area contributed by atoms with E-state index in [9.17, 15) is 13.2 Å². The van der Waals surface area contributed by atoms with Crippen molar-refractivity contribution in [3.8, 4) is 0 Å². The Bertz CT molecular complexity index is 499. The van der Waals surface area contributed by atoms with Gasteiger partial charge in [-0.15, -0.1) is 0 Å². The van der Waals surface area contributed by atoms with E-state index in [1.807, 2.05) is 27.7 Å². The molecule has 0 saturated heterocycles. The summed E-state index contributed by atoms with van der Waals surface area (Å²) in [6.07, 6.45) is -2.35. The van der Waals surface area contributed by atoms with Crippen LogP contribution in [-0.2, 0) is 5.41 Å². The Labute approximate surface area is 135 Å². The molecule has 0 bridgehead atoms. The van der Waals surface area contributed by atoms with Crippen molar-refractivity contribution >= 4 is 0 Å². The van der Waals surface area contributed by atoms with Crippen LogP contribution in [0, 0.1) is 11.8 Å². The number of halogens is 3. The van der Waals surface area contributed by atoms with Crippen LogP contribution in [0.25, 0.3) is 0 Å². The van der Waals surface area contributed by atoms with Gasteiger partial charge in [0.05, 0.1) is 12.0 Å². The van der Waals surface area contributed by atoms with E-state index in [0.717, 1.165) is 0 Å². The van der Waals surface area contributed by atoms with Crippen LogP contribution < -0.4 is 5.32 Å². The Kier molecular flexibility index (Phi) is 5.38. The summed E-state index contributed by atoms with van der Waals surface area (Å²) in [5, 5.41) is 7.30. The van der Waals surface area contributed by atoms with Gasteiger partial charge in [-0.25, -0.2) is 0 Å². The summed E-state index contributed by atoms with van der Waals surface area (Å²) in [6, 6.07) is -0.0982. The quantitative estimate of drug-likeness (QED) is 0.888. The van der Waals surface area contributed by atoms with Crippen LogP contribution >= 0.6 is 0 Å². The highest BCUT2D eigenvalue weighted by molar-refractivity contribution is 5.01. The van der Waals surface area contributed by atoms with Crippen molar-refractivity contribution in [1.29, 1.82) is 0 Å². The highest BCUT2D eigenvalue weighted by atomic mass is 19.4. The maximum absolute atomic E-state index is 12.7. The van der Waals surface area contributed by atoms with E-state index >= 15 is 0 Å². The highest BCUT2D eigenvalue weighted by Crippen LogP contribution is 2.39. The van der Waals surface area contributed by atoms with E-state index in [1.54, 1.807) is 0 Å². The van der Waals surface area contributed by atoms with Gasteiger partial charge >= 0.3 is 6.18 Å². The summed E-state index contributed by atoms with van der Waals surface area (Å²) in [5.74, 6) is 0.341. The fraction of sp³-hybridized carbons (Fsp3) is 0.875. The standard InChI is InChI=1S/C16H26F3N3O/c1-10(13-21-14(22-23-13)15(2,3)4)20-9-11-5-7-12(8-6-11)16(17,18)19/h10-12,20H,5-9H2,1-4H3.